The lowest BCUT2D eigenvalue weighted by atomic mass is 10.4. The molecule has 0 atom stereocenters. The van der Waals surface area contributed by atoms with Gasteiger partial charge in [0, 0.05) is 18.5 Å². The van der Waals surface area contributed by atoms with Gasteiger partial charge in [-0.05, 0) is 19.9 Å². The number of aromatic carboxylic acids is 1. The molecule has 0 unspecified atom stereocenters. The van der Waals surface area contributed by atoms with Gasteiger partial charge in [-0.1, -0.05) is 0 Å². The Morgan fingerprint density at radius 2 is 1.95 bits per heavy atom. The minimum atomic E-state index is -3.87. The van der Waals surface area contributed by atoms with Crippen LogP contribution in [-0.4, -0.2) is 49.9 Å². The average molecular weight is 320 g/mol. The molecule has 0 aliphatic heterocycles. The first-order valence-corrected chi connectivity index (χ1v) is 8.27. The smallest absolute Gasteiger partial charge is 0.345 e. The number of carbonyl (C=O) groups excluding carboxylic acids is 1. The molecule has 112 valence electrons. The van der Waals surface area contributed by atoms with E-state index in [1.807, 2.05) is 0 Å². The fourth-order valence-electron chi connectivity index (χ4n) is 1.50. The van der Waals surface area contributed by atoms with Gasteiger partial charge < -0.3 is 10.0 Å². The number of likely N-dealkylation sites (N-methyl/N-ethyl adjacent to an activating group) is 1. The fourth-order valence-corrected chi connectivity index (χ4v) is 3.59. The predicted octanol–water partition coefficient (Wildman–Crippen LogP) is 0.593. The van der Waals surface area contributed by atoms with Crippen LogP contribution in [0.25, 0.3) is 0 Å². The van der Waals surface area contributed by atoms with Crippen molar-refractivity contribution in [1.82, 2.24) is 9.62 Å². The lowest BCUT2D eigenvalue weighted by Gasteiger charge is -2.18. The standard InChI is InChI=1S/C11H16N2O5S2/c1-3-13(4-2)10(14)6-12-20(17,18)8-5-9(11(15)16)19-7-8/h5,7,12H,3-4,6H2,1-2H3,(H,15,16). The zero-order valence-corrected chi connectivity index (χ0v) is 12.8. The number of carboxylic acid groups (broad SMARTS) is 1. The van der Waals surface area contributed by atoms with Gasteiger partial charge in [-0.25, -0.2) is 17.9 Å². The molecular weight excluding hydrogens is 304 g/mol. The summed E-state index contributed by atoms with van der Waals surface area (Å²) in [7, 11) is -3.87. The van der Waals surface area contributed by atoms with Gasteiger partial charge in [-0.2, -0.15) is 0 Å². The van der Waals surface area contributed by atoms with E-state index >= 15 is 0 Å². The van der Waals surface area contributed by atoms with E-state index in [9.17, 15) is 18.0 Å². The van der Waals surface area contributed by atoms with Crippen LogP contribution in [0.1, 0.15) is 23.5 Å². The molecule has 7 nitrogen and oxygen atoms in total. The van der Waals surface area contributed by atoms with Crippen molar-refractivity contribution in [3.05, 3.63) is 16.3 Å². The van der Waals surface area contributed by atoms with Gasteiger partial charge in [0.05, 0.1) is 11.4 Å². The summed E-state index contributed by atoms with van der Waals surface area (Å²) in [5.41, 5.74) is 0. The molecule has 0 saturated heterocycles. The quantitative estimate of drug-likeness (QED) is 0.765. The highest BCUT2D eigenvalue weighted by Gasteiger charge is 2.20. The molecular formula is C11H16N2O5S2. The van der Waals surface area contributed by atoms with Gasteiger partial charge in [0.2, 0.25) is 15.9 Å². The second-order valence-corrected chi connectivity index (χ2v) is 6.52. The van der Waals surface area contributed by atoms with Gasteiger partial charge in [0.25, 0.3) is 0 Å². The van der Waals surface area contributed by atoms with E-state index in [0.29, 0.717) is 13.1 Å². The van der Waals surface area contributed by atoms with Crippen LogP contribution in [0.3, 0.4) is 0 Å². The number of nitrogens with one attached hydrogen (secondary N) is 1. The zero-order valence-electron chi connectivity index (χ0n) is 11.1. The van der Waals surface area contributed by atoms with E-state index in [-0.39, 0.29) is 22.2 Å². The molecule has 2 N–H and O–H groups in total. The topological polar surface area (TPSA) is 104 Å². The van der Waals surface area contributed by atoms with Crippen LogP contribution >= 0.6 is 11.3 Å². The monoisotopic (exact) mass is 320 g/mol. The van der Waals surface area contributed by atoms with Crippen LogP contribution in [0.5, 0.6) is 0 Å². The molecule has 1 rings (SSSR count). The van der Waals surface area contributed by atoms with E-state index in [2.05, 4.69) is 4.72 Å². The average Bonchev–Trinajstić information content (AvgIpc) is 2.88. The maximum atomic E-state index is 11.9. The van der Waals surface area contributed by atoms with Gasteiger partial charge >= 0.3 is 5.97 Å². The van der Waals surface area contributed by atoms with Crippen molar-refractivity contribution in [2.75, 3.05) is 19.6 Å². The highest BCUT2D eigenvalue weighted by Crippen LogP contribution is 2.18. The summed E-state index contributed by atoms with van der Waals surface area (Å²) in [5, 5.41) is 9.98. The Bertz CT molecular complexity index is 590. The normalized spacial score (nSPS) is 11.3. The molecule has 0 aliphatic rings. The molecule has 20 heavy (non-hydrogen) atoms. The summed E-state index contributed by atoms with van der Waals surface area (Å²) < 4.78 is 26.0. The number of amides is 1. The van der Waals surface area contributed by atoms with Gasteiger partial charge in [-0.3, -0.25) is 4.79 Å². The molecule has 1 amide bonds. The highest BCUT2D eigenvalue weighted by molar-refractivity contribution is 7.89. The molecule has 0 aromatic carbocycles. The number of carbonyl (C=O) groups is 2. The minimum absolute atomic E-state index is 0.0690. The highest BCUT2D eigenvalue weighted by atomic mass is 32.2. The van der Waals surface area contributed by atoms with Crippen LogP contribution in [0.4, 0.5) is 0 Å². The van der Waals surface area contributed by atoms with Crippen LogP contribution in [0, 0.1) is 0 Å². The first-order valence-electron chi connectivity index (χ1n) is 5.91. The fraction of sp³-hybridized carbons (Fsp3) is 0.455. The van der Waals surface area contributed by atoms with Gasteiger partial charge in [-0.15, -0.1) is 11.3 Å². The third-order valence-corrected chi connectivity index (χ3v) is 5.07. The summed E-state index contributed by atoms with van der Waals surface area (Å²) in [6, 6.07) is 1.07. The van der Waals surface area contributed by atoms with Crippen molar-refractivity contribution < 1.29 is 23.1 Å². The predicted molar refractivity (Wildman–Crippen MR) is 74.4 cm³/mol. The second-order valence-electron chi connectivity index (χ2n) is 3.84. The first-order chi connectivity index (χ1) is 9.31. The molecule has 9 heteroatoms. The Hall–Kier alpha value is -1.45. The van der Waals surface area contributed by atoms with Crippen LogP contribution in [0.15, 0.2) is 16.3 Å². The summed E-state index contributed by atoms with van der Waals surface area (Å²) in [6.45, 7) is 4.25. The van der Waals surface area contributed by atoms with Crippen molar-refractivity contribution in [2.24, 2.45) is 0 Å². The number of hydrogen-bond donors (Lipinski definition) is 2. The molecule has 0 fully saturated rings. The van der Waals surface area contributed by atoms with Gasteiger partial charge in [0.1, 0.15) is 4.88 Å². The molecule has 0 spiro atoms. The lowest BCUT2D eigenvalue weighted by Crippen LogP contribution is -2.39. The molecule has 1 heterocycles. The molecule has 0 saturated carbocycles. The minimum Gasteiger partial charge on any atom is -0.477 e. The molecule has 0 bridgehead atoms. The molecule has 1 aromatic rings. The Morgan fingerprint density at radius 1 is 1.35 bits per heavy atom. The summed E-state index contributed by atoms with van der Waals surface area (Å²) in [5.74, 6) is -1.51. The number of sulfonamides is 1. The van der Waals surface area contributed by atoms with E-state index in [0.717, 1.165) is 17.4 Å². The van der Waals surface area contributed by atoms with E-state index in [4.69, 9.17) is 5.11 Å². The van der Waals surface area contributed by atoms with Gasteiger partial charge in [0.15, 0.2) is 0 Å². The largest absolute Gasteiger partial charge is 0.477 e. The summed E-state index contributed by atoms with van der Waals surface area (Å²) in [6.07, 6.45) is 0. The molecule has 1 aromatic heterocycles. The van der Waals surface area contributed by atoms with Crippen molar-refractivity contribution in [3.8, 4) is 0 Å². The first kappa shape index (κ1) is 16.6. The SMILES string of the molecule is CCN(CC)C(=O)CNS(=O)(=O)c1csc(C(=O)O)c1. The molecule has 0 radical (unpaired) electrons. The second kappa shape index (κ2) is 6.82. The third kappa shape index (κ3) is 4.02. The van der Waals surface area contributed by atoms with E-state index < -0.39 is 16.0 Å². The maximum absolute atomic E-state index is 11.9. The van der Waals surface area contributed by atoms with Crippen molar-refractivity contribution in [1.29, 1.82) is 0 Å². The third-order valence-electron chi connectivity index (χ3n) is 2.63. The van der Waals surface area contributed by atoms with Crippen LogP contribution < -0.4 is 4.72 Å². The van der Waals surface area contributed by atoms with Crippen molar-refractivity contribution in [3.63, 3.8) is 0 Å². The lowest BCUT2D eigenvalue weighted by molar-refractivity contribution is -0.129. The summed E-state index contributed by atoms with van der Waals surface area (Å²) in [4.78, 5) is 23.7. The number of nitrogens with zero attached hydrogens (tertiary/aromatic N) is 1. The number of hydrogen-bond acceptors (Lipinski definition) is 5. The van der Waals surface area contributed by atoms with Crippen LogP contribution in [-0.2, 0) is 14.8 Å². The summed E-state index contributed by atoms with van der Waals surface area (Å²) >= 11 is 0.820. The Balaban J connectivity index is 2.75. The van der Waals surface area contributed by atoms with E-state index in [1.54, 1.807) is 13.8 Å². The van der Waals surface area contributed by atoms with Crippen molar-refractivity contribution >= 4 is 33.2 Å². The zero-order chi connectivity index (χ0) is 15.3. The Labute approximate surface area is 121 Å². The molecule has 0 aliphatic carbocycles. The number of rotatable bonds is 7. The number of thiophene rings is 1. The Morgan fingerprint density at radius 3 is 2.40 bits per heavy atom. The number of carboxylic acids is 1. The Kier molecular flexibility index (Phi) is 5.66. The van der Waals surface area contributed by atoms with E-state index in [1.165, 1.54) is 10.3 Å². The van der Waals surface area contributed by atoms with Crippen LogP contribution in [0.2, 0.25) is 0 Å². The maximum Gasteiger partial charge on any atom is 0.345 e. The van der Waals surface area contributed by atoms with Crippen molar-refractivity contribution in [2.45, 2.75) is 18.7 Å².